The maximum atomic E-state index is 11.4. The number of allylic oxidation sites excluding steroid dienone is 5. The molecule has 0 saturated heterocycles. The Morgan fingerprint density at radius 1 is 1.43 bits per heavy atom. The summed E-state index contributed by atoms with van der Waals surface area (Å²) in [4.78, 5) is 0. The topological polar surface area (TPSA) is 32.3 Å². The Kier molecular flexibility index (Phi) is 2.51. The predicted molar refractivity (Wildman–Crippen MR) is 46.4 cm³/mol. The fraction of sp³-hybridized carbons (Fsp3) is 0.455. The Bertz CT molecular complexity index is 341. The van der Waals surface area contributed by atoms with E-state index in [1.807, 2.05) is 12.2 Å². The molecular weight excluding hydrogens is 171 g/mol. The number of rotatable bonds is 0. The van der Waals surface area contributed by atoms with Crippen molar-refractivity contribution in [3.05, 3.63) is 35.3 Å². The molecule has 0 aromatic carbocycles. The molecule has 0 radical (unpaired) electrons. The molecule has 0 aromatic heterocycles. The molecule has 14 heavy (non-hydrogen) atoms. The van der Waals surface area contributed by atoms with Crippen molar-refractivity contribution in [2.24, 2.45) is 11.8 Å². The van der Waals surface area contributed by atoms with Gasteiger partial charge in [0, 0.05) is 5.92 Å². The van der Waals surface area contributed by atoms with Gasteiger partial charge in [-0.2, -0.15) is 0 Å². The van der Waals surface area contributed by atoms with Crippen LogP contribution in [0.4, 0.5) is 0 Å². The quantitative estimate of drug-likeness (QED) is 0.410. The van der Waals surface area contributed by atoms with Crippen LogP contribution in [0.3, 0.4) is 0 Å². The smallest absolute Gasteiger partial charge is 0.613 e. The summed E-state index contributed by atoms with van der Waals surface area (Å²) in [5.74, 6) is 0.847. The van der Waals surface area contributed by atoms with Gasteiger partial charge in [-0.25, -0.2) is 0 Å². The molecule has 2 aliphatic carbocycles. The van der Waals surface area contributed by atoms with Crippen LogP contribution >= 0.6 is 0 Å². The minimum Gasteiger partial charge on any atom is -0.613 e. The SMILES string of the molecule is [Li+].[O-]C1=C2C=CC=C3CCC(CO1)[C@@H]32. The zero-order chi connectivity index (χ0) is 8.84. The van der Waals surface area contributed by atoms with Gasteiger partial charge >= 0.3 is 18.9 Å². The average molecular weight is 182 g/mol. The Hall–Kier alpha value is -0.583. The van der Waals surface area contributed by atoms with Crippen LogP contribution in [-0.2, 0) is 4.74 Å². The Morgan fingerprint density at radius 3 is 3.14 bits per heavy atom. The molecule has 3 rings (SSSR count). The summed E-state index contributed by atoms with van der Waals surface area (Å²) in [6, 6.07) is 0. The van der Waals surface area contributed by atoms with Crippen LogP contribution in [0.5, 0.6) is 0 Å². The molecule has 1 fully saturated rings. The zero-order valence-electron chi connectivity index (χ0n) is 8.32. The predicted octanol–water partition coefficient (Wildman–Crippen LogP) is -1.89. The van der Waals surface area contributed by atoms with E-state index < -0.39 is 0 Å². The van der Waals surface area contributed by atoms with Gasteiger partial charge in [0.1, 0.15) is 0 Å². The van der Waals surface area contributed by atoms with Gasteiger partial charge in [0.2, 0.25) is 0 Å². The molecule has 1 heterocycles. The summed E-state index contributed by atoms with van der Waals surface area (Å²) < 4.78 is 5.12. The second-order valence-electron chi connectivity index (χ2n) is 3.93. The maximum absolute atomic E-state index is 11.4. The van der Waals surface area contributed by atoms with E-state index in [0.29, 0.717) is 18.4 Å². The molecule has 0 aromatic rings. The van der Waals surface area contributed by atoms with Gasteiger partial charge < -0.3 is 9.84 Å². The Balaban J connectivity index is 0.000000750. The van der Waals surface area contributed by atoms with Crippen molar-refractivity contribution in [3.8, 4) is 0 Å². The van der Waals surface area contributed by atoms with Gasteiger partial charge in [0.15, 0.2) is 0 Å². The first-order valence-corrected chi connectivity index (χ1v) is 4.77. The van der Waals surface area contributed by atoms with Crippen LogP contribution in [-0.4, -0.2) is 6.61 Å². The van der Waals surface area contributed by atoms with E-state index in [1.165, 1.54) is 12.0 Å². The third-order valence-electron chi connectivity index (χ3n) is 3.26. The molecular formula is C11H11LiO2. The van der Waals surface area contributed by atoms with Crippen molar-refractivity contribution in [2.75, 3.05) is 6.61 Å². The minimum atomic E-state index is -0.106. The maximum Gasteiger partial charge on any atom is 1.00 e. The minimum absolute atomic E-state index is 0. The van der Waals surface area contributed by atoms with Gasteiger partial charge in [-0.1, -0.05) is 23.8 Å². The first-order chi connectivity index (χ1) is 6.36. The zero-order valence-corrected chi connectivity index (χ0v) is 8.32. The van der Waals surface area contributed by atoms with Crippen molar-refractivity contribution >= 4 is 0 Å². The summed E-state index contributed by atoms with van der Waals surface area (Å²) >= 11 is 0. The molecule has 2 nitrogen and oxygen atoms in total. The van der Waals surface area contributed by atoms with Crippen molar-refractivity contribution < 1.29 is 28.7 Å². The van der Waals surface area contributed by atoms with Gasteiger partial charge in [-0.15, -0.1) is 0 Å². The number of ether oxygens (including phenoxy) is 1. The molecule has 3 heteroatoms. The number of hydrogen-bond donors (Lipinski definition) is 0. The molecule has 0 bridgehead atoms. The van der Waals surface area contributed by atoms with Crippen LogP contribution in [0.1, 0.15) is 12.8 Å². The molecule has 0 N–H and O–H groups in total. The Morgan fingerprint density at radius 2 is 2.29 bits per heavy atom. The standard InChI is InChI=1S/C11H12O2.Li/c12-11-9-3-1-2-7-4-5-8(6-13-11)10(7)9;/h1-3,8,10,12H,4-6H2;/q;+1/p-1/t8?,10-;/m1./s1. The van der Waals surface area contributed by atoms with Crippen LogP contribution in [0.15, 0.2) is 35.3 Å². The monoisotopic (exact) mass is 182 g/mol. The van der Waals surface area contributed by atoms with Crippen LogP contribution < -0.4 is 24.0 Å². The summed E-state index contributed by atoms with van der Waals surface area (Å²) in [7, 11) is 0. The Labute approximate surface area is 95.5 Å². The molecule has 0 amide bonds. The van der Waals surface area contributed by atoms with E-state index in [0.717, 1.165) is 12.0 Å². The van der Waals surface area contributed by atoms with Crippen molar-refractivity contribution in [3.63, 3.8) is 0 Å². The van der Waals surface area contributed by atoms with E-state index in [4.69, 9.17) is 4.74 Å². The largest absolute Gasteiger partial charge is 1.00 e. The van der Waals surface area contributed by atoms with E-state index >= 15 is 0 Å². The van der Waals surface area contributed by atoms with Crippen molar-refractivity contribution in [1.29, 1.82) is 0 Å². The summed E-state index contributed by atoms with van der Waals surface area (Å²) in [5.41, 5.74) is 2.31. The van der Waals surface area contributed by atoms with Crippen molar-refractivity contribution in [1.82, 2.24) is 0 Å². The van der Waals surface area contributed by atoms with Gasteiger partial charge in [-0.3, -0.25) is 0 Å². The first-order valence-electron chi connectivity index (χ1n) is 4.77. The van der Waals surface area contributed by atoms with Gasteiger partial charge in [-0.05, 0) is 30.9 Å². The van der Waals surface area contributed by atoms with Crippen molar-refractivity contribution in [2.45, 2.75) is 12.8 Å². The molecule has 1 aliphatic heterocycles. The summed E-state index contributed by atoms with van der Waals surface area (Å²) in [5, 5.41) is 11.4. The third kappa shape index (κ3) is 1.26. The first kappa shape index (κ1) is 9.95. The molecule has 1 unspecified atom stereocenters. The third-order valence-corrected chi connectivity index (χ3v) is 3.26. The van der Waals surface area contributed by atoms with E-state index in [9.17, 15) is 5.11 Å². The molecule has 2 atom stereocenters. The fourth-order valence-corrected chi connectivity index (χ4v) is 2.64. The molecule has 1 saturated carbocycles. The molecule has 68 valence electrons. The molecule has 3 aliphatic rings. The van der Waals surface area contributed by atoms with E-state index in [-0.39, 0.29) is 24.8 Å². The van der Waals surface area contributed by atoms with E-state index in [1.54, 1.807) is 0 Å². The summed E-state index contributed by atoms with van der Waals surface area (Å²) in [6.07, 6.45) is 8.35. The second-order valence-corrected chi connectivity index (χ2v) is 3.93. The van der Waals surface area contributed by atoms with Gasteiger partial charge in [0.25, 0.3) is 0 Å². The fourth-order valence-electron chi connectivity index (χ4n) is 2.64. The number of hydrogen-bond acceptors (Lipinski definition) is 2. The van der Waals surface area contributed by atoms with Crippen LogP contribution in [0.25, 0.3) is 0 Å². The average Bonchev–Trinajstić information content (AvgIpc) is 2.57. The summed E-state index contributed by atoms with van der Waals surface area (Å²) in [6.45, 7) is 0.623. The van der Waals surface area contributed by atoms with Crippen LogP contribution in [0, 0.1) is 11.8 Å². The normalized spacial score (nSPS) is 33.0. The molecule has 0 spiro atoms. The van der Waals surface area contributed by atoms with Crippen LogP contribution in [0.2, 0.25) is 0 Å². The van der Waals surface area contributed by atoms with Gasteiger partial charge in [0.05, 0.1) is 5.95 Å². The second kappa shape index (κ2) is 3.53. The van der Waals surface area contributed by atoms with E-state index in [2.05, 4.69) is 6.08 Å².